The maximum absolute atomic E-state index is 9.64. The number of likely N-dealkylation sites (N-methyl/N-ethyl adjacent to an activating group) is 1. The third-order valence-corrected chi connectivity index (χ3v) is 0.779. The second kappa shape index (κ2) is 12.1. The number of rotatable bonds is 4. The highest BCUT2D eigenvalue weighted by Crippen LogP contribution is 1.81. The molecule has 3 heteroatoms. The zero-order chi connectivity index (χ0) is 9.11. The topological polar surface area (TPSA) is 38.3 Å². The van der Waals surface area contributed by atoms with Crippen LogP contribution >= 0.6 is 0 Å². The Morgan fingerprint density at radius 1 is 1.55 bits per heavy atom. The molecule has 0 aliphatic rings. The second-order valence-electron chi connectivity index (χ2n) is 2.31. The van der Waals surface area contributed by atoms with E-state index < -0.39 is 0 Å². The van der Waals surface area contributed by atoms with E-state index in [0.717, 1.165) is 0 Å². The van der Waals surface area contributed by atoms with Crippen molar-refractivity contribution in [3.63, 3.8) is 0 Å². The van der Waals surface area contributed by atoms with Gasteiger partial charge in [-0.1, -0.05) is 20.3 Å². The van der Waals surface area contributed by atoms with Crippen LogP contribution in [0, 0.1) is 0 Å². The van der Waals surface area contributed by atoms with E-state index in [2.05, 4.69) is 23.9 Å². The summed E-state index contributed by atoms with van der Waals surface area (Å²) in [5, 5.41) is 2.87. The molecule has 0 aromatic heterocycles. The molecular formula is C8H19NO2. The van der Waals surface area contributed by atoms with Gasteiger partial charge in [-0.2, -0.15) is 0 Å². The third-order valence-electron chi connectivity index (χ3n) is 0.779. The van der Waals surface area contributed by atoms with Crippen molar-refractivity contribution in [2.45, 2.75) is 33.3 Å². The van der Waals surface area contributed by atoms with Crippen molar-refractivity contribution < 1.29 is 9.53 Å². The Morgan fingerprint density at radius 3 is 2.27 bits per heavy atom. The lowest BCUT2D eigenvalue weighted by Crippen LogP contribution is -2.22. The van der Waals surface area contributed by atoms with Crippen molar-refractivity contribution in [2.75, 3.05) is 13.6 Å². The van der Waals surface area contributed by atoms with Crippen LogP contribution in [0.2, 0.25) is 0 Å². The summed E-state index contributed by atoms with van der Waals surface area (Å²) in [7, 11) is 1.81. The highest BCUT2D eigenvalue weighted by molar-refractivity contribution is 5.37. The number of carbonyl (C=O) groups is 1. The standard InChI is InChI=1S/C5H11NO2.C3H8/c1-5(3-6-2)8-4-7;1-3-2/h4-6H,3H2,1-2H3;3H2,1-2H3. The molecule has 0 bridgehead atoms. The van der Waals surface area contributed by atoms with Gasteiger partial charge in [0.25, 0.3) is 6.47 Å². The number of nitrogens with one attached hydrogen (secondary N) is 1. The van der Waals surface area contributed by atoms with E-state index in [1.165, 1.54) is 6.42 Å². The molecule has 0 aromatic carbocycles. The van der Waals surface area contributed by atoms with Crippen LogP contribution in [0.4, 0.5) is 0 Å². The van der Waals surface area contributed by atoms with E-state index >= 15 is 0 Å². The van der Waals surface area contributed by atoms with E-state index in [4.69, 9.17) is 0 Å². The van der Waals surface area contributed by atoms with Gasteiger partial charge in [0.15, 0.2) is 0 Å². The van der Waals surface area contributed by atoms with Crippen LogP contribution < -0.4 is 5.32 Å². The summed E-state index contributed by atoms with van der Waals surface area (Å²) in [6.45, 7) is 7.24. The SMILES string of the molecule is CCC.CNCC(C)OC=O. The summed E-state index contributed by atoms with van der Waals surface area (Å²) < 4.78 is 4.54. The normalized spacial score (nSPS) is 10.9. The van der Waals surface area contributed by atoms with Gasteiger partial charge < -0.3 is 10.1 Å². The maximum atomic E-state index is 9.64. The molecule has 0 aromatic rings. The molecule has 0 saturated carbocycles. The third kappa shape index (κ3) is 17.7. The molecule has 0 fully saturated rings. The van der Waals surface area contributed by atoms with Crippen LogP contribution in [0.3, 0.4) is 0 Å². The maximum Gasteiger partial charge on any atom is 0.293 e. The summed E-state index contributed by atoms with van der Waals surface area (Å²) in [5.41, 5.74) is 0. The van der Waals surface area contributed by atoms with Crippen molar-refractivity contribution in [2.24, 2.45) is 0 Å². The molecule has 0 saturated heterocycles. The Labute approximate surface area is 69.1 Å². The van der Waals surface area contributed by atoms with E-state index in [1.54, 1.807) is 0 Å². The van der Waals surface area contributed by atoms with Gasteiger partial charge in [-0.3, -0.25) is 4.79 Å². The van der Waals surface area contributed by atoms with Crippen LogP contribution in [0.25, 0.3) is 0 Å². The van der Waals surface area contributed by atoms with Crippen LogP contribution in [0.1, 0.15) is 27.2 Å². The molecule has 1 unspecified atom stereocenters. The number of carbonyl (C=O) groups excluding carboxylic acids is 1. The molecule has 0 spiro atoms. The first-order chi connectivity index (χ1) is 5.22. The number of hydrogen-bond acceptors (Lipinski definition) is 3. The summed E-state index contributed by atoms with van der Waals surface area (Å²) in [5.74, 6) is 0. The first-order valence-electron chi connectivity index (χ1n) is 3.96. The fraction of sp³-hybridized carbons (Fsp3) is 0.875. The van der Waals surface area contributed by atoms with Crippen molar-refractivity contribution in [3.8, 4) is 0 Å². The van der Waals surface area contributed by atoms with Gasteiger partial charge in [0.2, 0.25) is 0 Å². The molecular weight excluding hydrogens is 142 g/mol. The minimum Gasteiger partial charge on any atom is -0.464 e. The van der Waals surface area contributed by atoms with Gasteiger partial charge in [0, 0.05) is 6.54 Å². The smallest absolute Gasteiger partial charge is 0.293 e. The van der Waals surface area contributed by atoms with Gasteiger partial charge >= 0.3 is 0 Å². The van der Waals surface area contributed by atoms with Gasteiger partial charge in [0.05, 0.1) is 0 Å². The lowest BCUT2D eigenvalue weighted by atomic mass is 10.4. The van der Waals surface area contributed by atoms with Gasteiger partial charge in [-0.15, -0.1) is 0 Å². The Kier molecular flexibility index (Phi) is 14.4. The number of ether oxygens (including phenoxy) is 1. The molecule has 68 valence electrons. The molecule has 0 aliphatic carbocycles. The summed E-state index contributed by atoms with van der Waals surface area (Å²) in [6.07, 6.45) is 1.23. The lowest BCUT2D eigenvalue weighted by Gasteiger charge is -2.06. The van der Waals surface area contributed by atoms with E-state index in [1.807, 2.05) is 14.0 Å². The quantitative estimate of drug-likeness (QED) is 0.629. The highest BCUT2D eigenvalue weighted by atomic mass is 16.5. The summed E-state index contributed by atoms with van der Waals surface area (Å²) in [6, 6.07) is 0. The molecule has 0 amide bonds. The Bertz CT molecular complexity index is 76.5. The molecule has 0 heterocycles. The van der Waals surface area contributed by atoms with E-state index in [-0.39, 0.29) is 6.10 Å². The summed E-state index contributed by atoms with van der Waals surface area (Å²) in [4.78, 5) is 9.64. The molecule has 11 heavy (non-hydrogen) atoms. The fourth-order valence-corrected chi connectivity index (χ4v) is 0.430. The predicted octanol–water partition coefficient (Wildman–Crippen LogP) is 1.18. The molecule has 1 N–H and O–H groups in total. The average molecular weight is 161 g/mol. The average Bonchev–Trinajstić information content (AvgIpc) is 1.90. The lowest BCUT2D eigenvalue weighted by molar-refractivity contribution is -0.132. The van der Waals surface area contributed by atoms with Crippen LogP contribution in [0.15, 0.2) is 0 Å². The van der Waals surface area contributed by atoms with Gasteiger partial charge in [-0.05, 0) is 14.0 Å². The summed E-state index contributed by atoms with van der Waals surface area (Å²) >= 11 is 0. The van der Waals surface area contributed by atoms with Crippen molar-refractivity contribution in [3.05, 3.63) is 0 Å². The van der Waals surface area contributed by atoms with Crippen LogP contribution in [-0.4, -0.2) is 26.2 Å². The van der Waals surface area contributed by atoms with Gasteiger partial charge in [-0.25, -0.2) is 0 Å². The van der Waals surface area contributed by atoms with Gasteiger partial charge in [0.1, 0.15) is 6.10 Å². The highest BCUT2D eigenvalue weighted by Gasteiger charge is 1.95. The first kappa shape index (κ1) is 13.1. The van der Waals surface area contributed by atoms with Crippen molar-refractivity contribution in [1.82, 2.24) is 5.32 Å². The zero-order valence-electron chi connectivity index (χ0n) is 7.89. The molecule has 0 radical (unpaired) electrons. The molecule has 0 aliphatic heterocycles. The fourth-order valence-electron chi connectivity index (χ4n) is 0.430. The van der Waals surface area contributed by atoms with Crippen LogP contribution in [0.5, 0.6) is 0 Å². The largest absolute Gasteiger partial charge is 0.464 e. The monoisotopic (exact) mass is 161 g/mol. The Hall–Kier alpha value is -0.570. The van der Waals surface area contributed by atoms with E-state index in [0.29, 0.717) is 13.0 Å². The minimum atomic E-state index is -0.0162. The van der Waals surface area contributed by atoms with Crippen molar-refractivity contribution >= 4 is 6.47 Å². The Balaban J connectivity index is 0. The van der Waals surface area contributed by atoms with Crippen LogP contribution in [-0.2, 0) is 9.53 Å². The number of hydrogen-bond donors (Lipinski definition) is 1. The molecule has 3 nitrogen and oxygen atoms in total. The predicted molar refractivity (Wildman–Crippen MR) is 46.5 cm³/mol. The van der Waals surface area contributed by atoms with E-state index in [9.17, 15) is 4.79 Å². The second-order valence-corrected chi connectivity index (χ2v) is 2.31. The molecule has 1 atom stereocenters. The first-order valence-corrected chi connectivity index (χ1v) is 3.96. The minimum absolute atomic E-state index is 0.0162. The Morgan fingerprint density at radius 2 is 2.00 bits per heavy atom. The molecule has 0 rings (SSSR count). The van der Waals surface area contributed by atoms with Crippen molar-refractivity contribution in [1.29, 1.82) is 0 Å². The zero-order valence-corrected chi connectivity index (χ0v) is 7.89.